The number of hydrogen-bond donors (Lipinski definition) is 0. The van der Waals surface area contributed by atoms with Crippen molar-refractivity contribution in [2.75, 3.05) is 0 Å². The van der Waals surface area contributed by atoms with Gasteiger partial charge in [-0.25, -0.2) is 4.99 Å². The molecule has 3 heteroatoms. The molecule has 0 aliphatic rings. The van der Waals surface area contributed by atoms with E-state index in [1.54, 1.807) is 0 Å². The Morgan fingerprint density at radius 2 is 1.08 bits per heavy atom. The van der Waals surface area contributed by atoms with Gasteiger partial charge in [0.2, 0.25) is 0 Å². The summed E-state index contributed by atoms with van der Waals surface area (Å²) < 4.78 is 0. The second kappa shape index (κ2) is 20.7. The zero-order valence-electron chi connectivity index (χ0n) is 25.6. The molecule has 2 aromatic carbocycles. The largest absolute Gasteiger partial charge is 0.251 e. The molecule has 2 nitrogen and oxygen atoms in total. The molecule has 0 spiro atoms. The summed E-state index contributed by atoms with van der Waals surface area (Å²) in [5.41, 5.74) is 8.87. The van der Waals surface area contributed by atoms with Crippen molar-refractivity contribution in [1.82, 2.24) is 0 Å². The van der Waals surface area contributed by atoms with E-state index in [2.05, 4.69) is 89.8 Å². The molecule has 2 aromatic rings. The molecule has 0 heterocycles. The second-order valence-electron chi connectivity index (χ2n) is 10.9. The SMILES string of the molecule is CCCCCCCCCCCCC#CC(=N\c1ccc(C)c(C)c1)/C(CCCC)=N/c1ccc(C)c(C)c1.[Ni]. The summed E-state index contributed by atoms with van der Waals surface area (Å²) in [5, 5.41) is 0. The van der Waals surface area contributed by atoms with Crippen molar-refractivity contribution in [3.63, 3.8) is 0 Å². The van der Waals surface area contributed by atoms with E-state index in [9.17, 15) is 0 Å². The first-order valence-corrected chi connectivity index (χ1v) is 15.2. The van der Waals surface area contributed by atoms with Crippen molar-refractivity contribution in [2.24, 2.45) is 9.98 Å². The van der Waals surface area contributed by atoms with Crippen LogP contribution in [0.15, 0.2) is 46.4 Å². The van der Waals surface area contributed by atoms with Crippen molar-refractivity contribution < 1.29 is 16.5 Å². The van der Waals surface area contributed by atoms with Gasteiger partial charge < -0.3 is 0 Å². The van der Waals surface area contributed by atoms with Crippen molar-refractivity contribution in [3.8, 4) is 11.8 Å². The molecular weight excluding hydrogens is 519 g/mol. The molecule has 0 bridgehead atoms. The van der Waals surface area contributed by atoms with Gasteiger partial charge in [0, 0.05) is 22.9 Å². The predicted octanol–water partition coefficient (Wildman–Crippen LogP) is 11.3. The third kappa shape index (κ3) is 14.2. The summed E-state index contributed by atoms with van der Waals surface area (Å²) in [4.78, 5) is 10.1. The van der Waals surface area contributed by atoms with Gasteiger partial charge in [-0.05, 0) is 99.4 Å². The van der Waals surface area contributed by atoms with Gasteiger partial charge >= 0.3 is 0 Å². The first kappa shape index (κ1) is 34.9. The minimum Gasteiger partial charge on any atom is -0.251 e. The molecule has 0 unspecified atom stereocenters. The molecule has 0 fully saturated rings. The van der Waals surface area contributed by atoms with Crippen LogP contribution in [-0.4, -0.2) is 11.4 Å². The van der Waals surface area contributed by atoms with Crippen LogP contribution < -0.4 is 0 Å². The van der Waals surface area contributed by atoms with Gasteiger partial charge in [-0.3, -0.25) is 4.99 Å². The molecule has 0 atom stereocenters. The summed E-state index contributed by atoms with van der Waals surface area (Å²) in [5.74, 6) is 6.92. The van der Waals surface area contributed by atoms with Crippen LogP contribution in [0.3, 0.4) is 0 Å². The van der Waals surface area contributed by atoms with Gasteiger partial charge in [-0.2, -0.15) is 0 Å². The summed E-state index contributed by atoms with van der Waals surface area (Å²) in [6.07, 6.45) is 17.5. The molecule has 0 aliphatic carbocycles. The minimum absolute atomic E-state index is 0. The van der Waals surface area contributed by atoms with E-state index in [-0.39, 0.29) is 16.5 Å². The van der Waals surface area contributed by atoms with Crippen LogP contribution in [0, 0.1) is 39.5 Å². The first-order chi connectivity index (χ1) is 18.4. The fourth-order valence-corrected chi connectivity index (χ4v) is 4.46. The third-order valence-corrected chi connectivity index (χ3v) is 7.39. The Labute approximate surface area is 250 Å². The van der Waals surface area contributed by atoms with E-state index < -0.39 is 0 Å². The van der Waals surface area contributed by atoms with E-state index in [1.807, 2.05) is 0 Å². The molecule has 0 N–H and O–H groups in total. The van der Waals surface area contributed by atoms with Gasteiger partial charge in [0.25, 0.3) is 0 Å². The molecule has 0 radical (unpaired) electrons. The Morgan fingerprint density at radius 3 is 1.59 bits per heavy atom. The second-order valence-corrected chi connectivity index (χ2v) is 10.9. The van der Waals surface area contributed by atoms with Crippen molar-refractivity contribution in [3.05, 3.63) is 58.7 Å². The fourth-order valence-electron chi connectivity index (χ4n) is 4.46. The van der Waals surface area contributed by atoms with Gasteiger partial charge in [0.05, 0.1) is 17.1 Å². The maximum atomic E-state index is 5.09. The quantitative estimate of drug-likeness (QED) is 0.0829. The van der Waals surface area contributed by atoms with Gasteiger partial charge in [0.1, 0.15) is 5.71 Å². The summed E-state index contributed by atoms with van der Waals surface area (Å²) in [6.45, 7) is 13.1. The summed E-state index contributed by atoms with van der Waals surface area (Å²) in [6, 6.07) is 12.8. The topological polar surface area (TPSA) is 24.7 Å². The number of unbranched alkanes of at least 4 members (excludes halogenated alkanes) is 11. The van der Waals surface area contributed by atoms with Crippen molar-refractivity contribution >= 4 is 22.8 Å². The van der Waals surface area contributed by atoms with Gasteiger partial charge in [0.15, 0.2) is 0 Å². The smallest absolute Gasteiger partial charge is 0.135 e. The zero-order valence-corrected chi connectivity index (χ0v) is 26.6. The standard InChI is InChI=1S/C36H52N2.Ni/c1-7-9-11-12-13-14-15-16-17-18-19-20-22-36(38-34-26-24-30(4)32(6)28-34)35(21-10-8-2)37-33-25-23-29(3)31(5)27-33;/h23-28H,7-19,21H2,1-6H3;/b37-35+,38-36+;. The maximum Gasteiger partial charge on any atom is 0.135 e. The van der Waals surface area contributed by atoms with Crippen molar-refractivity contribution in [1.29, 1.82) is 0 Å². The van der Waals surface area contributed by atoms with E-state index in [4.69, 9.17) is 9.98 Å². The average molecular weight is 572 g/mol. The van der Waals surface area contributed by atoms with Crippen LogP contribution in [0.5, 0.6) is 0 Å². The van der Waals surface area contributed by atoms with Crippen molar-refractivity contribution in [2.45, 2.75) is 131 Å². The normalized spacial score (nSPS) is 11.6. The molecule has 39 heavy (non-hydrogen) atoms. The monoisotopic (exact) mass is 570 g/mol. The first-order valence-electron chi connectivity index (χ1n) is 15.2. The number of nitrogens with zero attached hydrogens (tertiary/aromatic N) is 2. The molecule has 216 valence electrons. The Morgan fingerprint density at radius 1 is 0.590 bits per heavy atom. The molecule has 0 aromatic heterocycles. The average Bonchev–Trinajstić information content (AvgIpc) is 2.90. The predicted molar refractivity (Wildman–Crippen MR) is 170 cm³/mol. The number of aryl methyl sites for hydroxylation is 4. The zero-order chi connectivity index (χ0) is 27.6. The van der Waals surface area contributed by atoms with Gasteiger partial charge in [-0.15, -0.1) is 0 Å². The maximum absolute atomic E-state index is 5.09. The fraction of sp³-hybridized carbons (Fsp3) is 0.556. The molecule has 0 amide bonds. The summed E-state index contributed by atoms with van der Waals surface area (Å²) in [7, 11) is 0. The van der Waals surface area contributed by atoms with Crippen LogP contribution in [0.1, 0.15) is 126 Å². The third-order valence-electron chi connectivity index (χ3n) is 7.39. The molecule has 2 rings (SSSR count). The summed E-state index contributed by atoms with van der Waals surface area (Å²) >= 11 is 0. The van der Waals surface area contributed by atoms with Crippen LogP contribution in [0.25, 0.3) is 0 Å². The van der Waals surface area contributed by atoms with Gasteiger partial charge in [-0.1, -0.05) is 96.1 Å². The Hall–Kier alpha value is -2.17. The molecular formula is C36H52N2Ni. The number of aliphatic imine (C=N–C) groups is 2. The van der Waals surface area contributed by atoms with Crippen LogP contribution in [0.2, 0.25) is 0 Å². The number of rotatable bonds is 16. The molecule has 0 saturated heterocycles. The van der Waals surface area contributed by atoms with E-state index >= 15 is 0 Å². The molecule has 0 aliphatic heterocycles. The Bertz CT molecular complexity index is 1100. The number of benzene rings is 2. The van der Waals surface area contributed by atoms with E-state index in [1.165, 1.54) is 86.5 Å². The van der Waals surface area contributed by atoms with Crippen LogP contribution in [0.4, 0.5) is 11.4 Å². The number of hydrogen-bond acceptors (Lipinski definition) is 2. The minimum atomic E-state index is 0. The van der Waals surface area contributed by atoms with Crippen LogP contribution in [-0.2, 0) is 16.5 Å². The molecule has 0 saturated carbocycles. The van der Waals surface area contributed by atoms with E-state index in [0.29, 0.717) is 0 Å². The Kier molecular flexibility index (Phi) is 18.5. The Balaban J connectivity index is 0.00000760. The van der Waals surface area contributed by atoms with Crippen LogP contribution >= 0.6 is 0 Å². The van der Waals surface area contributed by atoms with E-state index in [0.717, 1.165) is 48.5 Å².